The molecule has 0 radical (unpaired) electrons. The first kappa shape index (κ1) is 22.4. The fraction of sp³-hybridized carbons (Fsp3) is 0.318. The van der Waals surface area contributed by atoms with Crippen LogP contribution in [0.25, 0.3) is 0 Å². The van der Waals surface area contributed by atoms with Crippen LogP contribution in [0.2, 0.25) is 5.02 Å². The molecule has 0 saturated carbocycles. The molecule has 2 aromatic rings. The fourth-order valence-electron chi connectivity index (χ4n) is 3.66. The van der Waals surface area contributed by atoms with E-state index in [4.69, 9.17) is 31.9 Å². The number of piperazine rings is 1. The highest BCUT2D eigenvalue weighted by atomic mass is 35.5. The summed E-state index contributed by atoms with van der Waals surface area (Å²) in [6.07, 6.45) is 0. The minimum absolute atomic E-state index is 0.0777. The Labute approximate surface area is 195 Å². The summed E-state index contributed by atoms with van der Waals surface area (Å²) < 4.78 is 10.9. The van der Waals surface area contributed by atoms with Crippen molar-refractivity contribution in [3.8, 4) is 11.5 Å². The fourth-order valence-corrected chi connectivity index (χ4v) is 4.43. The SMILES string of the molecule is CC(c1ccc2c(c1)OCO2)N1CCN(C(=N)SC(=N)NC(=O)c2ccc(Cl)cc2)CC1. The quantitative estimate of drug-likeness (QED) is 0.463. The van der Waals surface area contributed by atoms with Gasteiger partial charge in [-0.3, -0.25) is 20.5 Å². The molecule has 168 valence electrons. The number of amides is 1. The molecule has 1 atom stereocenters. The van der Waals surface area contributed by atoms with Crippen LogP contribution in [0.5, 0.6) is 11.5 Å². The third kappa shape index (κ3) is 5.17. The molecule has 1 saturated heterocycles. The lowest BCUT2D eigenvalue weighted by Gasteiger charge is -2.39. The monoisotopic (exact) mass is 473 g/mol. The summed E-state index contributed by atoms with van der Waals surface area (Å²) in [6, 6.07) is 12.7. The van der Waals surface area contributed by atoms with Crippen molar-refractivity contribution in [2.45, 2.75) is 13.0 Å². The highest BCUT2D eigenvalue weighted by molar-refractivity contribution is 8.26. The predicted octanol–water partition coefficient (Wildman–Crippen LogP) is 3.78. The molecule has 2 aliphatic heterocycles. The minimum atomic E-state index is -0.394. The number of rotatable bonds is 3. The molecule has 0 aliphatic carbocycles. The van der Waals surface area contributed by atoms with Crippen molar-refractivity contribution >= 4 is 39.6 Å². The summed E-state index contributed by atoms with van der Waals surface area (Å²) in [5.74, 6) is 1.17. The number of thioether (sulfide) groups is 1. The molecular weight excluding hydrogens is 450 g/mol. The number of carbonyl (C=O) groups is 1. The van der Waals surface area contributed by atoms with E-state index < -0.39 is 5.91 Å². The van der Waals surface area contributed by atoms with E-state index in [-0.39, 0.29) is 23.2 Å². The van der Waals surface area contributed by atoms with Crippen LogP contribution in [-0.2, 0) is 0 Å². The maximum atomic E-state index is 12.2. The first-order chi connectivity index (χ1) is 15.4. The molecule has 3 N–H and O–H groups in total. The number of halogens is 1. The van der Waals surface area contributed by atoms with Crippen molar-refractivity contribution in [1.29, 1.82) is 10.8 Å². The number of hydrogen-bond acceptors (Lipinski definition) is 7. The molecular formula is C22H24ClN5O3S. The van der Waals surface area contributed by atoms with Crippen LogP contribution in [0.3, 0.4) is 0 Å². The van der Waals surface area contributed by atoms with Crippen LogP contribution in [0, 0.1) is 10.8 Å². The Morgan fingerprint density at radius 2 is 1.75 bits per heavy atom. The second-order valence-electron chi connectivity index (χ2n) is 7.51. The van der Waals surface area contributed by atoms with Gasteiger partial charge in [-0.1, -0.05) is 17.7 Å². The summed E-state index contributed by atoms with van der Waals surface area (Å²) in [4.78, 5) is 16.5. The Morgan fingerprint density at radius 1 is 1.06 bits per heavy atom. The maximum absolute atomic E-state index is 12.2. The third-order valence-electron chi connectivity index (χ3n) is 5.56. The van der Waals surface area contributed by atoms with Gasteiger partial charge in [0.15, 0.2) is 21.8 Å². The molecule has 0 spiro atoms. The molecule has 8 nitrogen and oxygen atoms in total. The second kappa shape index (κ2) is 9.81. The molecule has 10 heteroatoms. The molecule has 1 fully saturated rings. The lowest BCUT2D eigenvalue weighted by Crippen LogP contribution is -2.48. The van der Waals surface area contributed by atoms with E-state index in [9.17, 15) is 4.79 Å². The summed E-state index contributed by atoms with van der Waals surface area (Å²) in [5.41, 5.74) is 1.58. The standard InChI is InChI=1S/C22H24ClN5O3S/c1-14(16-4-7-18-19(12-16)31-13-30-18)27-8-10-28(11-9-27)22(25)32-21(24)26-20(29)15-2-5-17(23)6-3-15/h2-7,12,14,25H,8-11,13H2,1H3,(H2,24,26,29). The second-order valence-corrected chi connectivity index (χ2v) is 8.94. The lowest BCUT2D eigenvalue weighted by atomic mass is 10.1. The molecule has 2 aliphatic rings. The van der Waals surface area contributed by atoms with Gasteiger partial charge in [0, 0.05) is 42.8 Å². The van der Waals surface area contributed by atoms with Crippen LogP contribution < -0.4 is 14.8 Å². The Morgan fingerprint density at radius 3 is 2.47 bits per heavy atom. The highest BCUT2D eigenvalue weighted by Crippen LogP contribution is 2.35. The van der Waals surface area contributed by atoms with Crippen LogP contribution >= 0.6 is 23.4 Å². The van der Waals surface area contributed by atoms with Gasteiger partial charge in [-0.15, -0.1) is 0 Å². The third-order valence-corrected chi connectivity index (χ3v) is 6.57. The average Bonchev–Trinajstić information content (AvgIpc) is 3.27. The number of fused-ring (bicyclic) bond motifs is 1. The molecule has 1 unspecified atom stereocenters. The Bertz CT molecular complexity index is 1020. The number of benzene rings is 2. The molecule has 2 aromatic carbocycles. The molecule has 0 aromatic heterocycles. The topological polar surface area (TPSA) is 102 Å². The highest BCUT2D eigenvalue weighted by Gasteiger charge is 2.25. The molecule has 2 heterocycles. The zero-order valence-corrected chi connectivity index (χ0v) is 19.1. The first-order valence-corrected chi connectivity index (χ1v) is 11.4. The van der Waals surface area contributed by atoms with Crippen molar-refractivity contribution in [3.63, 3.8) is 0 Å². The van der Waals surface area contributed by atoms with Crippen molar-refractivity contribution in [2.75, 3.05) is 33.0 Å². The zero-order valence-electron chi connectivity index (χ0n) is 17.6. The number of carbonyl (C=O) groups excluding carboxylic acids is 1. The number of ether oxygens (including phenoxy) is 2. The largest absolute Gasteiger partial charge is 0.454 e. The first-order valence-electron chi connectivity index (χ1n) is 10.2. The molecule has 4 rings (SSSR count). The normalized spacial score (nSPS) is 16.5. The molecule has 1 amide bonds. The van der Waals surface area contributed by atoms with E-state index in [2.05, 4.69) is 23.2 Å². The van der Waals surface area contributed by atoms with Gasteiger partial charge in [-0.2, -0.15) is 0 Å². The number of nitrogens with zero attached hydrogens (tertiary/aromatic N) is 2. The minimum Gasteiger partial charge on any atom is -0.454 e. The number of hydrogen-bond donors (Lipinski definition) is 3. The van der Waals surface area contributed by atoms with Gasteiger partial charge in [0.1, 0.15) is 0 Å². The van der Waals surface area contributed by atoms with Gasteiger partial charge < -0.3 is 19.7 Å². The van der Waals surface area contributed by atoms with Crippen molar-refractivity contribution in [2.24, 2.45) is 0 Å². The van der Waals surface area contributed by atoms with E-state index >= 15 is 0 Å². The van der Waals surface area contributed by atoms with Gasteiger partial charge in [0.25, 0.3) is 5.91 Å². The van der Waals surface area contributed by atoms with E-state index in [1.807, 2.05) is 17.0 Å². The average molecular weight is 474 g/mol. The number of nitrogens with one attached hydrogen (secondary N) is 3. The van der Waals surface area contributed by atoms with Gasteiger partial charge in [-0.25, -0.2) is 0 Å². The summed E-state index contributed by atoms with van der Waals surface area (Å²) >= 11 is 6.78. The Kier molecular flexibility index (Phi) is 6.88. The van der Waals surface area contributed by atoms with E-state index in [0.717, 1.165) is 36.4 Å². The number of amidine groups is 2. The van der Waals surface area contributed by atoms with Gasteiger partial charge in [0.2, 0.25) is 6.79 Å². The summed E-state index contributed by atoms with van der Waals surface area (Å²) in [7, 11) is 0. The van der Waals surface area contributed by atoms with Gasteiger partial charge in [-0.05, 0) is 60.6 Å². The molecule has 0 bridgehead atoms. The van der Waals surface area contributed by atoms with Crippen molar-refractivity contribution in [1.82, 2.24) is 15.1 Å². The van der Waals surface area contributed by atoms with Crippen LogP contribution in [-0.4, -0.2) is 59.0 Å². The van der Waals surface area contributed by atoms with Crippen LogP contribution in [0.15, 0.2) is 42.5 Å². The van der Waals surface area contributed by atoms with Crippen molar-refractivity contribution in [3.05, 3.63) is 58.6 Å². The van der Waals surface area contributed by atoms with E-state index in [0.29, 0.717) is 23.7 Å². The van der Waals surface area contributed by atoms with Crippen LogP contribution in [0.1, 0.15) is 28.9 Å². The maximum Gasteiger partial charge on any atom is 0.257 e. The van der Waals surface area contributed by atoms with Gasteiger partial charge >= 0.3 is 0 Å². The molecule has 32 heavy (non-hydrogen) atoms. The lowest BCUT2D eigenvalue weighted by molar-refractivity contribution is 0.0978. The van der Waals surface area contributed by atoms with Crippen LogP contribution in [0.4, 0.5) is 0 Å². The Balaban J connectivity index is 1.25. The van der Waals surface area contributed by atoms with Crippen molar-refractivity contribution < 1.29 is 14.3 Å². The van der Waals surface area contributed by atoms with Gasteiger partial charge in [0.05, 0.1) is 0 Å². The summed E-state index contributed by atoms with van der Waals surface area (Å²) in [6.45, 7) is 5.38. The van der Waals surface area contributed by atoms with E-state index in [1.165, 1.54) is 5.56 Å². The summed E-state index contributed by atoms with van der Waals surface area (Å²) in [5, 5.41) is 19.6. The Hall–Kier alpha value is -2.75. The predicted molar refractivity (Wildman–Crippen MR) is 126 cm³/mol. The smallest absolute Gasteiger partial charge is 0.257 e. The van der Waals surface area contributed by atoms with E-state index in [1.54, 1.807) is 24.3 Å². The zero-order chi connectivity index (χ0) is 22.7.